The molecule has 0 bridgehead atoms. The minimum Gasteiger partial charge on any atom is -0.316 e. The van der Waals surface area contributed by atoms with E-state index in [1.54, 1.807) is 0 Å². The zero-order valence-electron chi connectivity index (χ0n) is 14.5. The Bertz CT molecular complexity index is 389. The lowest BCUT2D eigenvalue weighted by Crippen LogP contribution is -2.37. The number of nitrogens with one attached hydrogen (secondary N) is 1. The number of hydrogen-bond donors (Lipinski definition) is 1. The smallest absolute Gasteiger partial charge is 0.0113 e. The molecule has 20 heavy (non-hydrogen) atoms. The summed E-state index contributed by atoms with van der Waals surface area (Å²) in [6.45, 7) is 13.7. The number of rotatable bonds is 5. The highest BCUT2D eigenvalue weighted by atomic mass is 14.9. The van der Waals surface area contributed by atoms with Gasteiger partial charge in [-0.15, -0.1) is 0 Å². The molecule has 1 aromatic rings. The van der Waals surface area contributed by atoms with Crippen molar-refractivity contribution < 1.29 is 0 Å². The molecule has 1 nitrogen and oxygen atoms in total. The molecular weight excluding hydrogens is 242 g/mol. The van der Waals surface area contributed by atoms with Crippen molar-refractivity contribution in [2.75, 3.05) is 7.05 Å². The van der Waals surface area contributed by atoms with E-state index in [0.29, 0.717) is 11.5 Å². The van der Waals surface area contributed by atoms with Gasteiger partial charge in [0.15, 0.2) is 0 Å². The van der Waals surface area contributed by atoms with Crippen molar-refractivity contribution in [2.45, 2.75) is 72.3 Å². The van der Waals surface area contributed by atoms with Crippen LogP contribution in [-0.4, -0.2) is 13.1 Å². The summed E-state index contributed by atoms with van der Waals surface area (Å²) >= 11 is 0. The summed E-state index contributed by atoms with van der Waals surface area (Å²) in [5.41, 5.74) is 3.47. The van der Waals surface area contributed by atoms with Crippen LogP contribution >= 0.6 is 0 Å². The number of benzene rings is 1. The molecular formula is C19H33N. The lowest BCUT2D eigenvalue weighted by atomic mass is 9.83. The molecule has 0 spiro atoms. The molecule has 0 saturated carbocycles. The van der Waals surface area contributed by atoms with Crippen LogP contribution < -0.4 is 5.32 Å². The van der Waals surface area contributed by atoms with Crippen LogP contribution in [0.1, 0.15) is 65.5 Å². The molecule has 1 heteroatoms. The summed E-state index contributed by atoms with van der Waals surface area (Å²) in [5.74, 6) is 0. The second-order valence-corrected chi connectivity index (χ2v) is 8.05. The van der Waals surface area contributed by atoms with Crippen molar-refractivity contribution in [1.29, 1.82) is 0 Å². The molecule has 0 amide bonds. The van der Waals surface area contributed by atoms with Gasteiger partial charge in [-0.1, -0.05) is 65.8 Å². The van der Waals surface area contributed by atoms with Crippen molar-refractivity contribution in [3.63, 3.8) is 0 Å². The molecule has 114 valence electrons. The molecule has 0 aliphatic carbocycles. The maximum Gasteiger partial charge on any atom is 0.0113 e. The van der Waals surface area contributed by atoms with Crippen molar-refractivity contribution in [3.8, 4) is 0 Å². The lowest BCUT2D eigenvalue weighted by Gasteiger charge is -2.30. The first-order valence-corrected chi connectivity index (χ1v) is 7.91. The largest absolute Gasteiger partial charge is 0.316 e. The van der Waals surface area contributed by atoms with Gasteiger partial charge in [-0.05, 0) is 48.3 Å². The molecule has 0 radical (unpaired) electrons. The van der Waals surface area contributed by atoms with Gasteiger partial charge in [0.2, 0.25) is 0 Å². The fraction of sp³-hybridized carbons (Fsp3) is 0.684. The molecule has 0 fully saturated rings. The van der Waals surface area contributed by atoms with E-state index in [-0.39, 0.29) is 5.41 Å². The predicted molar refractivity (Wildman–Crippen MR) is 90.4 cm³/mol. The van der Waals surface area contributed by atoms with Gasteiger partial charge in [0, 0.05) is 6.04 Å². The predicted octanol–water partition coefficient (Wildman–Crippen LogP) is 4.94. The number of aryl methyl sites for hydroxylation is 1. The summed E-state index contributed by atoms with van der Waals surface area (Å²) < 4.78 is 0. The van der Waals surface area contributed by atoms with Crippen molar-refractivity contribution >= 4 is 0 Å². The molecule has 1 rings (SSSR count). The molecule has 0 heterocycles. The van der Waals surface area contributed by atoms with Crippen molar-refractivity contribution in [2.24, 2.45) is 5.41 Å². The summed E-state index contributed by atoms with van der Waals surface area (Å²) in [5, 5.41) is 3.46. The van der Waals surface area contributed by atoms with Crippen molar-refractivity contribution in [1.82, 2.24) is 5.32 Å². The SMILES string of the molecule is CNC(CCCc1ccc(C(C)(C)C)cc1)C(C)(C)C. The monoisotopic (exact) mass is 275 g/mol. The van der Waals surface area contributed by atoms with E-state index in [1.807, 2.05) is 0 Å². The van der Waals surface area contributed by atoms with E-state index < -0.39 is 0 Å². The summed E-state index contributed by atoms with van der Waals surface area (Å²) in [6.07, 6.45) is 3.66. The van der Waals surface area contributed by atoms with Crippen LogP contribution in [0.5, 0.6) is 0 Å². The molecule has 1 atom stereocenters. The van der Waals surface area contributed by atoms with E-state index in [2.05, 4.69) is 78.2 Å². The fourth-order valence-corrected chi connectivity index (χ4v) is 2.69. The molecule has 1 aromatic carbocycles. The molecule has 0 saturated heterocycles. The van der Waals surface area contributed by atoms with Crippen LogP contribution in [0.25, 0.3) is 0 Å². The molecule has 1 unspecified atom stereocenters. The molecule has 0 aromatic heterocycles. The Kier molecular flexibility index (Phi) is 5.82. The van der Waals surface area contributed by atoms with Crippen LogP contribution in [0, 0.1) is 5.41 Å². The first-order valence-electron chi connectivity index (χ1n) is 7.91. The van der Waals surface area contributed by atoms with Gasteiger partial charge in [-0.2, -0.15) is 0 Å². The Morgan fingerprint density at radius 3 is 1.90 bits per heavy atom. The van der Waals surface area contributed by atoms with E-state index in [4.69, 9.17) is 0 Å². The maximum atomic E-state index is 3.46. The van der Waals surface area contributed by atoms with Gasteiger partial charge < -0.3 is 5.32 Å². The van der Waals surface area contributed by atoms with Crippen LogP contribution in [0.2, 0.25) is 0 Å². The first kappa shape index (κ1) is 17.2. The average molecular weight is 275 g/mol. The van der Waals surface area contributed by atoms with E-state index >= 15 is 0 Å². The van der Waals surface area contributed by atoms with E-state index in [9.17, 15) is 0 Å². The topological polar surface area (TPSA) is 12.0 Å². The normalized spacial score (nSPS) is 14.3. The highest BCUT2D eigenvalue weighted by molar-refractivity contribution is 5.27. The van der Waals surface area contributed by atoms with Gasteiger partial charge in [0.25, 0.3) is 0 Å². The Balaban J connectivity index is 2.51. The number of hydrogen-bond acceptors (Lipinski definition) is 1. The Morgan fingerprint density at radius 1 is 0.950 bits per heavy atom. The second-order valence-electron chi connectivity index (χ2n) is 8.05. The lowest BCUT2D eigenvalue weighted by molar-refractivity contribution is 0.263. The highest BCUT2D eigenvalue weighted by Gasteiger charge is 2.22. The minimum absolute atomic E-state index is 0.252. The van der Waals surface area contributed by atoms with E-state index in [0.717, 1.165) is 0 Å². The molecule has 0 aliphatic heterocycles. The zero-order chi connectivity index (χ0) is 15.4. The second kappa shape index (κ2) is 6.76. The third kappa shape index (κ3) is 5.28. The van der Waals surface area contributed by atoms with Crippen molar-refractivity contribution in [3.05, 3.63) is 35.4 Å². The fourth-order valence-electron chi connectivity index (χ4n) is 2.69. The third-order valence-corrected chi connectivity index (χ3v) is 4.17. The highest BCUT2D eigenvalue weighted by Crippen LogP contribution is 2.25. The van der Waals surface area contributed by atoms with Gasteiger partial charge in [-0.25, -0.2) is 0 Å². The third-order valence-electron chi connectivity index (χ3n) is 4.17. The van der Waals surface area contributed by atoms with Crippen LogP contribution in [0.15, 0.2) is 24.3 Å². The molecule has 0 aliphatic rings. The van der Waals surface area contributed by atoms with Gasteiger partial charge in [-0.3, -0.25) is 0 Å². The maximum absolute atomic E-state index is 3.46. The summed E-state index contributed by atoms with van der Waals surface area (Å²) in [4.78, 5) is 0. The summed E-state index contributed by atoms with van der Waals surface area (Å²) in [7, 11) is 2.08. The van der Waals surface area contributed by atoms with Gasteiger partial charge in [0.05, 0.1) is 0 Å². The van der Waals surface area contributed by atoms with E-state index in [1.165, 1.54) is 30.4 Å². The standard InChI is InChI=1S/C19H33N/c1-18(2,3)16-13-11-15(12-14-16)9-8-10-17(20-7)19(4,5)6/h11-14,17,20H,8-10H2,1-7H3. The van der Waals surface area contributed by atoms with Gasteiger partial charge >= 0.3 is 0 Å². The van der Waals surface area contributed by atoms with Crippen LogP contribution in [0.3, 0.4) is 0 Å². The summed E-state index contributed by atoms with van der Waals surface area (Å²) in [6, 6.07) is 9.76. The average Bonchev–Trinajstić information content (AvgIpc) is 2.32. The Labute approximate surface area is 126 Å². The molecule has 1 N–H and O–H groups in total. The zero-order valence-corrected chi connectivity index (χ0v) is 14.5. The van der Waals surface area contributed by atoms with Crippen LogP contribution in [0.4, 0.5) is 0 Å². The quantitative estimate of drug-likeness (QED) is 0.802. The Hall–Kier alpha value is -0.820. The first-order chi connectivity index (χ1) is 9.14. The minimum atomic E-state index is 0.252. The Morgan fingerprint density at radius 2 is 1.50 bits per heavy atom. The van der Waals surface area contributed by atoms with Gasteiger partial charge in [0.1, 0.15) is 0 Å². The van der Waals surface area contributed by atoms with Crippen LogP contribution in [-0.2, 0) is 11.8 Å².